The second-order valence-corrected chi connectivity index (χ2v) is 3.39. The summed E-state index contributed by atoms with van der Waals surface area (Å²) in [5, 5.41) is 0. The summed E-state index contributed by atoms with van der Waals surface area (Å²) in [6.45, 7) is 2.67. The Bertz CT molecular complexity index is 323. The Kier molecular flexibility index (Phi) is 4.81. The van der Waals surface area contributed by atoms with Crippen molar-refractivity contribution in [1.29, 1.82) is 0 Å². The van der Waals surface area contributed by atoms with Crippen molar-refractivity contribution in [1.82, 2.24) is 0 Å². The molecule has 0 heterocycles. The van der Waals surface area contributed by atoms with Gasteiger partial charge in [0.1, 0.15) is 17.9 Å². The minimum Gasteiger partial charge on any atom is -0.493 e. The van der Waals surface area contributed by atoms with Crippen LogP contribution < -0.4 is 4.74 Å². The molecule has 0 aliphatic carbocycles. The number of rotatable bonds is 6. The molecule has 1 aromatic carbocycles. The molecular weight excluding hydrogens is 195 g/mol. The Hall–Kier alpha value is -1.38. The van der Waals surface area contributed by atoms with Gasteiger partial charge in [0.25, 0.3) is 0 Å². The van der Waals surface area contributed by atoms with Crippen LogP contribution in [0.2, 0.25) is 0 Å². The van der Waals surface area contributed by atoms with Crippen molar-refractivity contribution in [3.8, 4) is 5.75 Å². The third-order valence-corrected chi connectivity index (χ3v) is 2.05. The molecule has 0 atom stereocenters. The van der Waals surface area contributed by atoms with Gasteiger partial charge in [-0.3, -0.25) is 4.79 Å². The maximum atomic E-state index is 13.0. The fourth-order valence-electron chi connectivity index (χ4n) is 1.28. The van der Waals surface area contributed by atoms with Crippen LogP contribution in [-0.2, 0) is 0 Å². The van der Waals surface area contributed by atoms with Gasteiger partial charge in [-0.15, -0.1) is 0 Å². The maximum absolute atomic E-state index is 13.0. The van der Waals surface area contributed by atoms with E-state index >= 15 is 0 Å². The molecule has 3 heteroatoms. The van der Waals surface area contributed by atoms with E-state index in [1.807, 2.05) is 0 Å². The lowest BCUT2D eigenvalue weighted by atomic mass is 10.2. The van der Waals surface area contributed by atoms with E-state index in [4.69, 9.17) is 4.74 Å². The van der Waals surface area contributed by atoms with Crippen molar-refractivity contribution in [2.45, 2.75) is 26.2 Å². The monoisotopic (exact) mass is 210 g/mol. The second-order valence-electron chi connectivity index (χ2n) is 3.39. The third-order valence-electron chi connectivity index (χ3n) is 2.05. The highest BCUT2D eigenvalue weighted by Gasteiger charge is 2.00. The molecule has 0 saturated heterocycles. The van der Waals surface area contributed by atoms with E-state index in [2.05, 4.69) is 6.92 Å². The number of halogens is 1. The number of carbonyl (C=O) groups excluding carboxylic acids is 1. The average molecular weight is 210 g/mol. The predicted octanol–water partition coefficient (Wildman–Crippen LogP) is 3.21. The van der Waals surface area contributed by atoms with Crippen LogP contribution in [0, 0.1) is 5.82 Å². The summed E-state index contributed by atoms with van der Waals surface area (Å²) in [4.78, 5) is 10.5. The molecule has 0 bridgehead atoms. The second kappa shape index (κ2) is 6.17. The van der Waals surface area contributed by atoms with E-state index in [1.165, 1.54) is 12.1 Å². The first-order chi connectivity index (χ1) is 7.26. The molecule has 15 heavy (non-hydrogen) atoms. The molecule has 1 aromatic rings. The van der Waals surface area contributed by atoms with E-state index in [9.17, 15) is 9.18 Å². The summed E-state index contributed by atoms with van der Waals surface area (Å²) in [5.41, 5.74) is 0.306. The number of hydrogen-bond donors (Lipinski definition) is 0. The molecular formula is C12H15FO2. The molecule has 2 nitrogen and oxygen atoms in total. The standard InChI is InChI=1S/C12H15FO2/c1-2-3-4-5-15-12-7-10(9-14)6-11(13)8-12/h6-9H,2-5H2,1H3. The summed E-state index contributed by atoms with van der Waals surface area (Å²) in [6, 6.07) is 4.02. The van der Waals surface area contributed by atoms with Gasteiger partial charge in [0.05, 0.1) is 6.61 Å². The Balaban J connectivity index is 2.53. The van der Waals surface area contributed by atoms with Crippen LogP contribution in [0.15, 0.2) is 18.2 Å². The summed E-state index contributed by atoms with van der Waals surface area (Å²) in [6.07, 6.45) is 3.77. The first-order valence-electron chi connectivity index (χ1n) is 5.15. The minimum atomic E-state index is -0.440. The van der Waals surface area contributed by atoms with Gasteiger partial charge in [0, 0.05) is 11.6 Å². The summed E-state index contributed by atoms with van der Waals surface area (Å²) in [7, 11) is 0. The molecule has 0 aromatic heterocycles. The Labute approximate surface area is 89.1 Å². The fraction of sp³-hybridized carbons (Fsp3) is 0.417. The van der Waals surface area contributed by atoms with Crippen LogP contribution in [0.4, 0.5) is 4.39 Å². The molecule has 0 aliphatic heterocycles. The highest BCUT2D eigenvalue weighted by Crippen LogP contribution is 2.15. The molecule has 0 N–H and O–H groups in total. The molecule has 1 rings (SSSR count). The third kappa shape index (κ3) is 4.11. The van der Waals surface area contributed by atoms with Gasteiger partial charge < -0.3 is 4.74 Å². The zero-order chi connectivity index (χ0) is 11.1. The minimum absolute atomic E-state index is 0.306. The van der Waals surface area contributed by atoms with Crippen molar-refractivity contribution >= 4 is 6.29 Å². The zero-order valence-corrected chi connectivity index (χ0v) is 8.83. The predicted molar refractivity (Wildman–Crippen MR) is 56.8 cm³/mol. The van der Waals surface area contributed by atoms with Gasteiger partial charge in [-0.2, -0.15) is 0 Å². The zero-order valence-electron chi connectivity index (χ0n) is 8.83. The lowest BCUT2D eigenvalue weighted by molar-refractivity contribution is 0.112. The number of hydrogen-bond acceptors (Lipinski definition) is 2. The van der Waals surface area contributed by atoms with E-state index in [-0.39, 0.29) is 0 Å². The number of carbonyl (C=O) groups is 1. The van der Waals surface area contributed by atoms with Crippen LogP contribution in [0.5, 0.6) is 5.75 Å². The molecule has 0 spiro atoms. The van der Waals surface area contributed by atoms with Crippen LogP contribution in [0.1, 0.15) is 36.5 Å². The quantitative estimate of drug-likeness (QED) is 0.532. The lowest BCUT2D eigenvalue weighted by Crippen LogP contribution is -1.98. The van der Waals surface area contributed by atoms with Crippen LogP contribution in [0.3, 0.4) is 0 Å². The Morgan fingerprint density at radius 1 is 1.33 bits per heavy atom. The van der Waals surface area contributed by atoms with Gasteiger partial charge in [-0.05, 0) is 18.6 Å². The highest BCUT2D eigenvalue weighted by atomic mass is 19.1. The first kappa shape index (κ1) is 11.7. The summed E-state index contributed by atoms with van der Waals surface area (Å²) >= 11 is 0. The van der Waals surface area contributed by atoms with Crippen LogP contribution in [-0.4, -0.2) is 12.9 Å². The van der Waals surface area contributed by atoms with Crippen LogP contribution in [0.25, 0.3) is 0 Å². The SMILES string of the molecule is CCCCCOc1cc(F)cc(C=O)c1. The van der Waals surface area contributed by atoms with Crippen molar-refractivity contribution in [2.24, 2.45) is 0 Å². The fourth-order valence-corrected chi connectivity index (χ4v) is 1.28. The number of aldehydes is 1. The average Bonchev–Trinajstić information content (AvgIpc) is 2.23. The van der Waals surface area contributed by atoms with Crippen molar-refractivity contribution < 1.29 is 13.9 Å². The number of benzene rings is 1. The van der Waals surface area contributed by atoms with E-state index < -0.39 is 5.82 Å². The topological polar surface area (TPSA) is 26.3 Å². The molecule has 0 amide bonds. The van der Waals surface area contributed by atoms with Crippen LogP contribution >= 0.6 is 0 Å². The first-order valence-corrected chi connectivity index (χ1v) is 5.15. The van der Waals surface area contributed by atoms with Crippen molar-refractivity contribution in [2.75, 3.05) is 6.61 Å². The normalized spacial score (nSPS) is 10.0. The van der Waals surface area contributed by atoms with Gasteiger partial charge in [-0.25, -0.2) is 4.39 Å². The maximum Gasteiger partial charge on any atom is 0.150 e. The Morgan fingerprint density at radius 2 is 2.13 bits per heavy atom. The van der Waals surface area contributed by atoms with E-state index in [0.29, 0.717) is 24.2 Å². The molecule has 0 radical (unpaired) electrons. The Morgan fingerprint density at radius 3 is 2.80 bits per heavy atom. The molecule has 82 valence electrons. The van der Waals surface area contributed by atoms with Crippen molar-refractivity contribution in [3.05, 3.63) is 29.6 Å². The smallest absolute Gasteiger partial charge is 0.150 e. The molecule has 0 fully saturated rings. The van der Waals surface area contributed by atoms with Gasteiger partial charge in [0.2, 0.25) is 0 Å². The van der Waals surface area contributed by atoms with Gasteiger partial charge in [0.15, 0.2) is 0 Å². The van der Waals surface area contributed by atoms with Crippen molar-refractivity contribution in [3.63, 3.8) is 0 Å². The lowest BCUT2D eigenvalue weighted by Gasteiger charge is -2.06. The molecule has 0 saturated carbocycles. The van der Waals surface area contributed by atoms with E-state index in [0.717, 1.165) is 19.3 Å². The summed E-state index contributed by atoms with van der Waals surface area (Å²) in [5.74, 6) is -0.0155. The van der Waals surface area contributed by atoms with E-state index in [1.54, 1.807) is 6.07 Å². The number of ether oxygens (including phenoxy) is 1. The largest absolute Gasteiger partial charge is 0.493 e. The number of unbranched alkanes of at least 4 members (excludes halogenated alkanes) is 2. The van der Waals surface area contributed by atoms with Gasteiger partial charge in [-0.1, -0.05) is 19.8 Å². The summed E-state index contributed by atoms with van der Waals surface area (Å²) < 4.78 is 18.3. The molecule has 0 unspecified atom stereocenters. The highest BCUT2D eigenvalue weighted by molar-refractivity contribution is 5.75. The molecule has 0 aliphatic rings. The van der Waals surface area contributed by atoms with Gasteiger partial charge >= 0.3 is 0 Å².